The zero-order valence-corrected chi connectivity index (χ0v) is 10.6. The third-order valence-corrected chi connectivity index (χ3v) is 2.90. The number of hydrogen-bond donors (Lipinski definition) is 2. The van der Waals surface area contributed by atoms with Crippen molar-refractivity contribution in [2.24, 2.45) is 0 Å². The summed E-state index contributed by atoms with van der Waals surface area (Å²) in [5, 5.41) is 2.91. The van der Waals surface area contributed by atoms with Crippen LogP contribution in [0.2, 0.25) is 0 Å². The SMILES string of the molecule is Fc1cc(Br)ccc1Nc1ncnc2nc[nH]c12. The quantitative estimate of drug-likeness (QED) is 0.764. The predicted octanol–water partition coefficient (Wildman–Crippen LogP) is 3.00. The topological polar surface area (TPSA) is 66.5 Å². The number of imidazole rings is 1. The Morgan fingerprint density at radius 3 is 2.94 bits per heavy atom. The van der Waals surface area contributed by atoms with Crippen LogP contribution < -0.4 is 5.32 Å². The van der Waals surface area contributed by atoms with Gasteiger partial charge in [-0.1, -0.05) is 15.9 Å². The van der Waals surface area contributed by atoms with E-state index >= 15 is 0 Å². The molecule has 0 radical (unpaired) electrons. The van der Waals surface area contributed by atoms with Gasteiger partial charge in [-0.05, 0) is 18.2 Å². The van der Waals surface area contributed by atoms with E-state index < -0.39 is 0 Å². The maximum absolute atomic E-state index is 13.7. The number of hydrogen-bond acceptors (Lipinski definition) is 4. The first-order valence-corrected chi connectivity index (χ1v) is 5.89. The smallest absolute Gasteiger partial charge is 0.182 e. The van der Waals surface area contributed by atoms with E-state index in [2.05, 4.69) is 41.2 Å². The van der Waals surface area contributed by atoms with Gasteiger partial charge < -0.3 is 10.3 Å². The van der Waals surface area contributed by atoms with Crippen molar-refractivity contribution in [3.05, 3.63) is 41.1 Å². The van der Waals surface area contributed by atoms with Crippen LogP contribution in [0.15, 0.2) is 35.3 Å². The molecule has 0 aliphatic carbocycles. The van der Waals surface area contributed by atoms with E-state index in [-0.39, 0.29) is 5.82 Å². The molecule has 3 rings (SSSR count). The molecule has 0 atom stereocenters. The van der Waals surface area contributed by atoms with Gasteiger partial charge in [-0.15, -0.1) is 0 Å². The molecule has 0 fully saturated rings. The summed E-state index contributed by atoms with van der Waals surface area (Å²) < 4.78 is 14.4. The number of aromatic amines is 1. The summed E-state index contributed by atoms with van der Waals surface area (Å²) in [4.78, 5) is 15.0. The Hall–Kier alpha value is -2.02. The predicted molar refractivity (Wildman–Crippen MR) is 69.1 cm³/mol. The van der Waals surface area contributed by atoms with E-state index in [0.29, 0.717) is 27.1 Å². The van der Waals surface area contributed by atoms with Crippen LogP contribution in [0.3, 0.4) is 0 Å². The molecule has 0 amide bonds. The maximum atomic E-state index is 13.7. The second-order valence-corrected chi connectivity index (χ2v) is 4.49. The van der Waals surface area contributed by atoms with Gasteiger partial charge in [0.15, 0.2) is 11.5 Å². The number of halogens is 2. The molecular weight excluding hydrogens is 301 g/mol. The first kappa shape index (κ1) is 11.1. The minimum absolute atomic E-state index is 0.341. The molecule has 5 nitrogen and oxygen atoms in total. The van der Waals surface area contributed by atoms with Crippen molar-refractivity contribution in [3.63, 3.8) is 0 Å². The Morgan fingerprint density at radius 2 is 2.11 bits per heavy atom. The van der Waals surface area contributed by atoms with Crippen molar-refractivity contribution in [1.82, 2.24) is 19.9 Å². The second kappa shape index (κ2) is 4.34. The van der Waals surface area contributed by atoms with Crippen molar-refractivity contribution in [2.45, 2.75) is 0 Å². The Kier molecular flexibility index (Phi) is 2.67. The van der Waals surface area contributed by atoms with Gasteiger partial charge in [0, 0.05) is 4.47 Å². The average molecular weight is 308 g/mol. The second-order valence-electron chi connectivity index (χ2n) is 3.57. The van der Waals surface area contributed by atoms with Gasteiger partial charge in [0.1, 0.15) is 17.7 Å². The standard InChI is InChI=1S/C11H7BrFN5/c12-6-1-2-8(7(13)3-6)18-11-9-10(15-4-14-9)16-5-17-11/h1-5H,(H2,14,15,16,17,18). The van der Waals surface area contributed by atoms with E-state index in [4.69, 9.17) is 0 Å². The molecule has 2 heterocycles. The lowest BCUT2D eigenvalue weighted by molar-refractivity contribution is 0.631. The molecule has 0 unspecified atom stereocenters. The van der Waals surface area contributed by atoms with Crippen LogP contribution in [0.5, 0.6) is 0 Å². The Balaban J connectivity index is 2.03. The average Bonchev–Trinajstić information content (AvgIpc) is 2.82. The summed E-state index contributed by atoms with van der Waals surface area (Å²) in [6, 6.07) is 4.76. The molecule has 0 aliphatic rings. The van der Waals surface area contributed by atoms with Crippen molar-refractivity contribution < 1.29 is 4.39 Å². The summed E-state index contributed by atoms with van der Waals surface area (Å²) in [6.07, 6.45) is 2.89. The van der Waals surface area contributed by atoms with Crippen LogP contribution in [0.25, 0.3) is 11.2 Å². The van der Waals surface area contributed by atoms with E-state index in [0.717, 1.165) is 0 Å². The van der Waals surface area contributed by atoms with Crippen LogP contribution in [-0.4, -0.2) is 19.9 Å². The fourth-order valence-corrected chi connectivity index (χ4v) is 1.91. The van der Waals surface area contributed by atoms with Crippen LogP contribution in [-0.2, 0) is 0 Å². The molecule has 7 heteroatoms. The number of fused-ring (bicyclic) bond motifs is 1. The Labute approximate surface area is 110 Å². The van der Waals surface area contributed by atoms with E-state index in [1.165, 1.54) is 18.7 Å². The van der Waals surface area contributed by atoms with Crippen LogP contribution in [0, 0.1) is 5.82 Å². The summed E-state index contributed by atoms with van der Waals surface area (Å²) in [6.45, 7) is 0. The van der Waals surface area contributed by atoms with Gasteiger partial charge in [-0.3, -0.25) is 0 Å². The third kappa shape index (κ3) is 1.92. The maximum Gasteiger partial charge on any atom is 0.182 e. The molecule has 0 spiro atoms. The van der Waals surface area contributed by atoms with Crippen molar-refractivity contribution in [2.75, 3.05) is 5.32 Å². The lowest BCUT2D eigenvalue weighted by atomic mass is 10.3. The van der Waals surface area contributed by atoms with Gasteiger partial charge in [0.05, 0.1) is 12.0 Å². The van der Waals surface area contributed by atoms with Gasteiger partial charge >= 0.3 is 0 Å². The van der Waals surface area contributed by atoms with Crippen LogP contribution >= 0.6 is 15.9 Å². The minimum Gasteiger partial charge on any atom is -0.340 e. The zero-order chi connectivity index (χ0) is 12.5. The normalized spacial score (nSPS) is 10.8. The Morgan fingerprint density at radius 1 is 1.22 bits per heavy atom. The van der Waals surface area contributed by atoms with Gasteiger partial charge in [0.25, 0.3) is 0 Å². The lowest BCUT2D eigenvalue weighted by Gasteiger charge is -2.07. The van der Waals surface area contributed by atoms with Crippen molar-refractivity contribution >= 4 is 38.6 Å². The van der Waals surface area contributed by atoms with Gasteiger partial charge in [0.2, 0.25) is 0 Å². The highest BCUT2D eigenvalue weighted by molar-refractivity contribution is 9.10. The van der Waals surface area contributed by atoms with Gasteiger partial charge in [-0.25, -0.2) is 19.3 Å². The highest BCUT2D eigenvalue weighted by Crippen LogP contribution is 2.24. The van der Waals surface area contributed by atoms with E-state index in [1.54, 1.807) is 12.1 Å². The highest BCUT2D eigenvalue weighted by atomic mass is 79.9. The minimum atomic E-state index is -0.365. The highest BCUT2D eigenvalue weighted by Gasteiger charge is 2.08. The summed E-state index contributed by atoms with van der Waals surface area (Å²) in [7, 11) is 0. The number of H-pyrrole nitrogens is 1. The fourth-order valence-electron chi connectivity index (χ4n) is 1.58. The molecule has 90 valence electrons. The molecule has 0 aliphatic heterocycles. The molecule has 1 aromatic carbocycles. The molecule has 0 saturated carbocycles. The molecule has 3 aromatic rings. The number of anilines is 2. The largest absolute Gasteiger partial charge is 0.340 e. The Bertz CT molecular complexity index is 711. The monoisotopic (exact) mass is 307 g/mol. The lowest BCUT2D eigenvalue weighted by Crippen LogP contribution is -1.98. The van der Waals surface area contributed by atoms with Crippen molar-refractivity contribution in [1.29, 1.82) is 0 Å². The number of nitrogens with zero attached hydrogens (tertiary/aromatic N) is 3. The molecular formula is C11H7BrFN5. The molecule has 2 N–H and O–H groups in total. The fraction of sp³-hybridized carbons (Fsp3) is 0. The van der Waals surface area contributed by atoms with Gasteiger partial charge in [-0.2, -0.15) is 0 Å². The number of aromatic nitrogens is 4. The zero-order valence-electron chi connectivity index (χ0n) is 8.98. The summed E-state index contributed by atoms with van der Waals surface area (Å²) in [5.41, 5.74) is 1.51. The molecule has 2 aromatic heterocycles. The first-order valence-electron chi connectivity index (χ1n) is 5.10. The van der Waals surface area contributed by atoms with E-state index in [9.17, 15) is 4.39 Å². The van der Waals surface area contributed by atoms with E-state index in [1.807, 2.05) is 0 Å². The number of benzene rings is 1. The van der Waals surface area contributed by atoms with Crippen LogP contribution in [0.1, 0.15) is 0 Å². The molecule has 0 saturated heterocycles. The number of rotatable bonds is 2. The van der Waals surface area contributed by atoms with Crippen LogP contribution in [0.4, 0.5) is 15.9 Å². The molecule has 0 bridgehead atoms. The third-order valence-electron chi connectivity index (χ3n) is 2.41. The first-order chi connectivity index (χ1) is 8.74. The summed E-state index contributed by atoms with van der Waals surface area (Å²) >= 11 is 3.21. The number of nitrogens with one attached hydrogen (secondary N) is 2. The van der Waals surface area contributed by atoms with Crippen molar-refractivity contribution in [3.8, 4) is 0 Å². The summed E-state index contributed by atoms with van der Waals surface area (Å²) in [5.74, 6) is 0.120. The molecule has 18 heavy (non-hydrogen) atoms.